The minimum absolute atomic E-state index is 0.0268. The number of aromatic nitrogens is 1. The number of nitro groups is 1. The smallest absolute Gasteiger partial charge is 0.269 e. The molecule has 8 heteroatoms. The van der Waals surface area contributed by atoms with Crippen molar-refractivity contribution in [1.29, 1.82) is 5.26 Å². The van der Waals surface area contributed by atoms with E-state index in [9.17, 15) is 20.2 Å². The standard InChI is InChI=1S/C18H18N4O3S/c1-10-7-12(3)20-18(15(10)9-19)26-13(4)17(23)21-16-6-5-14(22(24)25)8-11(16)2/h5-8,13H,1-4H3,(H,21,23)/t13-/m1/s1. The monoisotopic (exact) mass is 370 g/mol. The summed E-state index contributed by atoms with van der Waals surface area (Å²) in [6, 6.07) is 8.23. The van der Waals surface area contributed by atoms with Crippen molar-refractivity contribution in [2.75, 3.05) is 5.32 Å². The van der Waals surface area contributed by atoms with E-state index >= 15 is 0 Å². The molecule has 7 nitrogen and oxygen atoms in total. The Hall–Kier alpha value is -2.92. The number of amides is 1. The van der Waals surface area contributed by atoms with Crippen LogP contribution < -0.4 is 5.32 Å². The number of carbonyl (C=O) groups is 1. The van der Waals surface area contributed by atoms with Crippen LogP contribution in [0.4, 0.5) is 11.4 Å². The lowest BCUT2D eigenvalue weighted by Crippen LogP contribution is -2.23. The molecule has 0 radical (unpaired) electrons. The molecule has 1 aromatic carbocycles. The summed E-state index contributed by atoms with van der Waals surface area (Å²) in [7, 11) is 0. The van der Waals surface area contributed by atoms with Crippen molar-refractivity contribution in [3.8, 4) is 6.07 Å². The molecule has 1 atom stereocenters. The zero-order valence-electron chi connectivity index (χ0n) is 14.9. The van der Waals surface area contributed by atoms with E-state index in [2.05, 4.69) is 16.4 Å². The Morgan fingerprint density at radius 3 is 2.58 bits per heavy atom. The van der Waals surface area contributed by atoms with Crippen molar-refractivity contribution in [3.05, 3.63) is 56.8 Å². The molecular formula is C18H18N4O3S. The van der Waals surface area contributed by atoms with Gasteiger partial charge in [-0.1, -0.05) is 11.8 Å². The molecule has 0 aliphatic carbocycles. The van der Waals surface area contributed by atoms with Gasteiger partial charge in [0.2, 0.25) is 5.91 Å². The minimum Gasteiger partial charge on any atom is -0.325 e. The zero-order chi connectivity index (χ0) is 19.4. The number of anilines is 1. The Kier molecular flexibility index (Phi) is 5.95. The molecule has 0 unspecified atom stereocenters. The molecule has 1 heterocycles. The number of hydrogen-bond donors (Lipinski definition) is 1. The Morgan fingerprint density at radius 2 is 2.00 bits per heavy atom. The summed E-state index contributed by atoms with van der Waals surface area (Å²) in [5, 5.41) is 22.9. The van der Waals surface area contributed by atoms with E-state index in [1.165, 1.54) is 30.0 Å². The number of rotatable bonds is 5. The molecule has 1 N–H and O–H groups in total. The third kappa shape index (κ3) is 4.37. The van der Waals surface area contributed by atoms with Crippen molar-refractivity contribution in [2.24, 2.45) is 0 Å². The maximum Gasteiger partial charge on any atom is 0.269 e. The van der Waals surface area contributed by atoms with Crippen LogP contribution in [0, 0.1) is 42.2 Å². The molecule has 1 aromatic heterocycles. The van der Waals surface area contributed by atoms with Gasteiger partial charge >= 0.3 is 0 Å². The molecule has 134 valence electrons. The van der Waals surface area contributed by atoms with Gasteiger partial charge in [0, 0.05) is 23.5 Å². The van der Waals surface area contributed by atoms with E-state index in [1.807, 2.05) is 19.9 Å². The van der Waals surface area contributed by atoms with Gasteiger partial charge in [0.15, 0.2) is 0 Å². The quantitative estimate of drug-likeness (QED) is 0.485. The number of non-ortho nitro benzene ring substituents is 1. The second-order valence-electron chi connectivity index (χ2n) is 5.88. The van der Waals surface area contributed by atoms with Gasteiger partial charge < -0.3 is 5.32 Å². The first-order valence-corrected chi connectivity index (χ1v) is 8.71. The lowest BCUT2D eigenvalue weighted by Gasteiger charge is -2.14. The third-order valence-electron chi connectivity index (χ3n) is 3.76. The summed E-state index contributed by atoms with van der Waals surface area (Å²) < 4.78 is 0. The van der Waals surface area contributed by atoms with Gasteiger partial charge in [0.1, 0.15) is 11.1 Å². The Bertz CT molecular complexity index is 921. The lowest BCUT2D eigenvalue weighted by atomic mass is 10.1. The molecule has 0 saturated carbocycles. The topological polar surface area (TPSA) is 109 Å². The molecular weight excluding hydrogens is 352 g/mol. The van der Waals surface area contributed by atoms with Crippen LogP contribution in [0.5, 0.6) is 0 Å². The molecule has 0 bridgehead atoms. The van der Waals surface area contributed by atoms with Gasteiger partial charge in [-0.15, -0.1) is 0 Å². The average Bonchev–Trinajstić information content (AvgIpc) is 2.56. The number of aryl methyl sites for hydroxylation is 3. The van der Waals surface area contributed by atoms with Crippen molar-refractivity contribution in [1.82, 2.24) is 4.98 Å². The van der Waals surface area contributed by atoms with Gasteiger partial charge in [-0.05, 0) is 51.0 Å². The largest absolute Gasteiger partial charge is 0.325 e. The van der Waals surface area contributed by atoms with E-state index in [4.69, 9.17) is 0 Å². The van der Waals surface area contributed by atoms with Crippen molar-refractivity contribution >= 4 is 29.0 Å². The van der Waals surface area contributed by atoms with Gasteiger partial charge in [-0.25, -0.2) is 4.98 Å². The van der Waals surface area contributed by atoms with E-state index < -0.39 is 10.2 Å². The van der Waals surface area contributed by atoms with Crippen LogP contribution in [0.1, 0.15) is 29.3 Å². The highest BCUT2D eigenvalue weighted by molar-refractivity contribution is 8.00. The molecule has 26 heavy (non-hydrogen) atoms. The fourth-order valence-electron chi connectivity index (χ4n) is 2.38. The second kappa shape index (κ2) is 7.97. The highest BCUT2D eigenvalue weighted by Crippen LogP contribution is 2.28. The van der Waals surface area contributed by atoms with Crippen molar-refractivity contribution in [3.63, 3.8) is 0 Å². The summed E-state index contributed by atoms with van der Waals surface area (Å²) in [4.78, 5) is 27.2. The summed E-state index contributed by atoms with van der Waals surface area (Å²) in [6.07, 6.45) is 0. The number of nitrogens with one attached hydrogen (secondary N) is 1. The van der Waals surface area contributed by atoms with E-state index in [0.29, 0.717) is 21.8 Å². The number of hydrogen-bond acceptors (Lipinski definition) is 6. The Balaban J connectivity index is 2.17. The second-order valence-corrected chi connectivity index (χ2v) is 7.21. The van der Waals surface area contributed by atoms with E-state index in [1.54, 1.807) is 13.8 Å². The normalized spacial score (nSPS) is 11.5. The van der Waals surface area contributed by atoms with Gasteiger partial charge in [-0.2, -0.15) is 5.26 Å². The number of nitro benzene ring substituents is 1. The van der Waals surface area contributed by atoms with Crippen LogP contribution >= 0.6 is 11.8 Å². The van der Waals surface area contributed by atoms with Gasteiger partial charge in [0.25, 0.3) is 5.69 Å². The molecule has 0 saturated heterocycles. The van der Waals surface area contributed by atoms with Crippen LogP contribution in [0.25, 0.3) is 0 Å². The highest BCUT2D eigenvalue weighted by atomic mass is 32.2. The summed E-state index contributed by atoms with van der Waals surface area (Å²) >= 11 is 1.21. The van der Waals surface area contributed by atoms with Crippen LogP contribution in [-0.2, 0) is 4.79 Å². The van der Waals surface area contributed by atoms with E-state index in [-0.39, 0.29) is 11.6 Å². The SMILES string of the molecule is Cc1cc(C)c(C#N)c(S[C@H](C)C(=O)Nc2ccc([N+](=O)[O-])cc2C)n1. The number of carbonyl (C=O) groups excluding carboxylic acids is 1. The maximum absolute atomic E-state index is 12.5. The zero-order valence-corrected chi connectivity index (χ0v) is 15.7. The Labute approximate surface area is 155 Å². The van der Waals surface area contributed by atoms with Crippen molar-refractivity contribution < 1.29 is 9.72 Å². The number of nitriles is 1. The molecule has 0 fully saturated rings. The predicted molar refractivity (Wildman–Crippen MR) is 100 cm³/mol. The van der Waals surface area contributed by atoms with Crippen LogP contribution in [0.3, 0.4) is 0 Å². The van der Waals surface area contributed by atoms with Crippen LogP contribution in [-0.4, -0.2) is 21.1 Å². The summed E-state index contributed by atoms with van der Waals surface area (Å²) in [6.45, 7) is 7.09. The van der Waals surface area contributed by atoms with Crippen LogP contribution in [0.2, 0.25) is 0 Å². The average molecular weight is 370 g/mol. The number of thioether (sulfide) groups is 1. The molecule has 1 amide bonds. The van der Waals surface area contributed by atoms with Crippen LogP contribution in [0.15, 0.2) is 29.3 Å². The highest BCUT2D eigenvalue weighted by Gasteiger charge is 2.20. The number of benzene rings is 1. The number of pyridine rings is 1. The fraction of sp³-hybridized carbons (Fsp3) is 0.278. The molecule has 2 rings (SSSR count). The fourth-order valence-corrected chi connectivity index (χ4v) is 3.40. The first-order chi connectivity index (χ1) is 12.2. The summed E-state index contributed by atoms with van der Waals surface area (Å²) in [5.74, 6) is -0.267. The number of nitrogens with zero attached hydrogens (tertiary/aromatic N) is 3. The van der Waals surface area contributed by atoms with E-state index in [0.717, 1.165) is 11.3 Å². The minimum atomic E-state index is -0.495. The van der Waals surface area contributed by atoms with Gasteiger partial charge in [-0.3, -0.25) is 14.9 Å². The summed E-state index contributed by atoms with van der Waals surface area (Å²) in [5.41, 5.74) is 3.16. The molecule has 0 aliphatic rings. The third-order valence-corrected chi connectivity index (χ3v) is 4.85. The van der Waals surface area contributed by atoms with Gasteiger partial charge in [0.05, 0.1) is 15.7 Å². The molecule has 0 aliphatic heterocycles. The molecule has 0 spiro atoms. The van der Waals surface area contributed by atoms with Crippen molar-refractivity contribution in [2.45, 2.75) is 38.0 Å². The predicted octanol–water partition coefficient (Wildman–Crippen LogP) is 3.91. The Morgan fingerprint density at radius 1 is 1.31 bits per heavy atom. The molecule has 2 aromatic rings. The maximum atomic E-state index is 12.5. The first kappa shape index (κ1) is 19.4. The first-order valence-electron chi connectivity index (χ1n) is 7.83. The lowest BCUT2D eigenvalue weighted by molar-refractivity contribution is -0.384.